The molecule has 1 saturated heterocycles. The molecule has 0 saturated carbocycles. The maximum absolute atomic E-state index is 13.5. The second-order valence-corrected chi connectivity index (χ2v) is 8.32. The molecule has 1 atom stereocenters. The second-order valence-electron chi connectivity index (χ2n) is 8.32. The van der Waals surface area contributed by atoms with Gasteiger partial charge in [-0.1, -0.05) is 37.3 Å². The van der Waals surface area contributed by atoms with Crippen molar-refractivity contribution in [3.8, 4) is 11.1 Å². The average molecular weight is 445 g/mol. The van der Waals surface area contributed by atoms with Gasteiger partial charge in [0.25, 0.3) is 5.91 Å². The zero-order chi connectivity index (χ0) is 23.2. The van der Waals surface area contributed by atoms with E-state index in [1.54, 1.807) is 11.1 Å². The van der Waals surface area contributed by atoms with Gasteiger partial charge in [-0.3, -0.25) is 19.4 Å². The summed E-state index contributed by atoms with van der Waals surface area (Å²) < 4.78 is 0. The Morgan fingerprint density at radius 3 is 2.67 bits per heavy atom. The van der Waals surface area contributed by atoms with E-state index in [9.17, 15) is 14.4 Å². The second kappa shape index (κ2) is 10.3. The van der Waals surface area contributed by atoms with E-state index in [0.717, 1.165) is 23.1 Å². The van der Waals surface area contributed by atoms with E-state index in [2.05, 4.69) is 9.97 Å². The minimum atomic E-state index is -0.358. The topological polar surface area (TPSA) is 86.4 Å². The summed E-state index contributed by atoms with van der Waals surface area (Å²) in [5.74, 6) is -0.457. The van der Waals surface area contributed by atoms with Crippen LogP contribution in [0.2, 0.25) is 0 Å². The van der Waals surface area contributed by atoms with Crippen LogP contribution in [0.4, 0.5) is 0 Å². The van der Waals surface area contributed by atoms with Gasteiger partial charge in [-0.2, -0.15) is 0 Å². The Bertz CT molecular complexity index is 1150. The summed E-state index contributed by atoms with van der Waals surface area (Å²) in [5.41, 5.74) is 3.26. The van der Waals surface area contributed by atoms with Crippen LogP contribution in [0.15, 0.2) is 71.9 Å². The Labute approximate surface area is 193 Å². The van der Waals surface area contributed by atoms with Gasteiger partial charge in [-0.25, -0.2) is 0 Å². The molecule has 0 aliphatic carbocycles. The molecule has 1 N–H and O–H groups in total. The Morgan fingerprint density at radius 1 is 1.09 bits per heavy atom. The molecule has 0 unspecified atom stereocenters. The zero-order valence-electron chi connectivity index (χ0n) is 18.7. The number of amides is 2. The molecule has 33 heavy (non-hydrogen) atoms. The molecule has 7 heteroatoms. The van der Waals surface area contributed by atoms with Gasteiger partial charge in [0.15, 0.2) is 0 Å². The standard InChI is InChI=1S/C26H28N4O3/c1-2-12-29-13-14-30(25(32)21-9-10-24(31)28-17-21)18-22(26(29)33)15-19-6-3-4-8-23(19)20-7-5-11-27-16-20/h3-11,16-17,22H,2,12-15,18H2,1H3,(H,28,31)/t22-/m0/s1. The number of nitrogens with zero attached hydrogens (tertiary/aromatic N) is 3. The van der Waals surface area contributed by atoms with Crippen molar-refractivity contribution in [3.63, 3.8) is 0 Å². The molecule has 1 aliphatic heterocycles. The number of aromatic nitrogens is 2. The van der Waals surface area contributed by atoms with Gasteiger partial charge in [-0.15, -0.1) is 0 Å². The van der Waals surface area contributed by atoms with Gasteiger partial charge in [0.1, 0.15) is 0 Å². The van der Waals surface area contributed by atoms with E-state index in [-0.39, 0.29) is 23.3 Å². The molecule has 3 heterocycles. The lowest BCUT2D eigenvalue weighted by Crippen LogP contribution is -2.38. The van der Waals surface area contributed by atoms with Gasteiger partial charge in [0.2, 0.25) is 11.5 Å². The molecular formula is C26H28N4O3. The van der Waals surface area contributed by atoms with Crippen molar-refractivity contribution in [2.24, 2.45) is 5.92 Å². The lowest BCUT2D eigenvalue weighted by Gasteiger charge is -2.24. The van der Waals surface area contributed by atoms with Crippen LogP contribution in [-0.2, 0) is 11.2 Å². The van der Waals surface area contributed by atoms with Crippen LogP contribution < -0.4 is 5.56 Å². The van der Waals surface area contributed by atoms with E-state index in [1.807, 2.05) is 54.4 Å². The van der Waals surface area contributed by atoms with E-state index in [1.165, 1.54) is 18.3 Å². The third-order valence-corrected chi connectivity index (χ3v) is 6.01. The fourth-order valence-electron chi connectivity index (χ4n) is 4.37. The molecule has 0 bridgehead atoms. The molecule has 1 aromatic carbocycles. The van der Waals surface area contributed by atoms with Crippen LogP contribution in [0.5, 0.6) is 0 Å². The van der Waals surface area contributed by atoms with Crippen molar-refractivity contribution in [2.45, 2.75) is 19.8 Å². The summed E-state index contributed by atoms with van der Waals surface area (Å²) in [6, 6.07) is 14.8. The first-order valence-electron chi connectivity index (χ1n) is 11.3. The number of pyridine rings is 2. The fraction of sp³-hybridized carbons (Fsp3) is 0.308. The molecule has 4 rings (SSSR count). The molecule has 3 aromatic rings. The van der Waals surface area contributed by atoms with Crippen LogP contribution in [0.25, 0.3) is 11.1 Å². The summed E-state index contributed by atoms with van der Waals surface area (Å²) in [6.07, 6.45) is 6.39. The highest BCUT2D eigenvalue weighted by Crippen LogP contribution is 2.27. The first-order valence-corrected chi connectivity index (χ1v) is 11.3. The third-order valence-electron chi connectivity index (χ3n) is 6.01. The van der Waals surface area contributed by atoms with E-state index in [0.29, 0.717) is 38.2 Å². The normalized spacial score (nSPS) is 16.5. The summed E-state index contributed by atoms with van der Waals surface area (Å²) >= 11 is 0. The SMILES string of the molecule is CCCN1CCN(C(=O)c2ccc(=O)[nH]c2)C[C@H](Cc2ccccc2-c2cccnc2)C1=O. The summed E-state index contributed by atoms with van der Waals surface area (Å²) in [6.45, 7) is 4.01. The van der Waals surface area contributed by atoms with Crippen molar-refractivity contribution in [3.05, 3.63) is 88.6 Å². The predicted molar refractivity (Wildman–Crippen MR) is 127 cm³/mol. The number of aromatic amines is 1. The Kier molecular flexibility index (Phi) is 6.98. The molecule has 170 valence electrons. The Morgan fingerprint density at radius 2 is 1.94 bits per heavy atom. The maximum atomic E-state index is 13.5. The number of rotatable bonds is 6. The lowest BCUT2D eigenvalue weighted by molar-refractivity contribution is -0.134. The summed E-state index contributed by atoms with van der Waals surface area (Å²) in [4.78, 5) is 48.5. The van der Waals surface area contributed by atoms with Gasteiger partial charge < -0.3 is 14.8 Å². The van der Waals surface area contributed by atoms with Gasteiger partial charge in [-0.05, 0) is 36.1 Å². The quantitative estimate of drug-likeness (QED) is 0.633. The highest BCUT2D eigenvalue weighted by atomic mass is 16.2. The van der Waals surface area contributed by atoms with Gasteiger partial charge in [0.05, 0.1) is 11.5 Å². The first kappa shape index (κ1) is 22.5. The number of H-pyrrole nitrogens is 1. The van der Waals surface area contributed by atoms with Crippen molar-refractivity contribution in [1.82, 2.24) is 19.8 Å². The van der Waals surface area contributed by atoms with Crippen LogP contribution in [-0.4, -0.2) is 57.8 Å². The highest BCUT2D eigenvalue weighted by molar-refractivity contribution is 5.94. The van der Waals surface area contributed by atoms with Gasteiger partial charge in [0, 0.05) is 56.4 Å². The Balaban J connectivity index is 1.63. The number of hydrogen-bond donors (Lipinski definition) is 1. The average Bonchev–Trinajstić information content (AvgIpc) is 2.99. The van der Waals surface area contributed by atoms with E-state index >= 15 is 0 Å². The van der Waals surface area contributed by atoms with Crippen LogP contribution in [0.3, 0.4) is 0 Å². The van der Waals surface area contributed by atoms with Crippen molar-refractivity contribution < 1.29 is 9.59 Å². The van der Waals surface area contributed by atoms with E-state index < -0.39 is 0 Å². The monoisotopic (exact) mass is 444 g/mol. The zero-order valence-corrected chi connectivity index (χ0v) is 18.7. The van der Waals surface area contributed by atoms with Crippen LogP contribution in [0.1, 0.15) is 29.3 Å². The highest BCUT2D eigenvalue weighted by Gasteiger charge is 2.32. The minimum Gasteiger partial charge on any atom is -0.341 e. The fourth-order valence-corrected chi connectivity index (χ4v) is 4.37. The molecule has 2 amide bonds. The molecule has 1 aliphatic rings. The number of nitrogens with one attached hydrogen (secondary N) is 1. The van der Waals surface area contributed by atoms with Crippen molar-refractivity contribution >= 4 is 11.8 Å². The minimum absolute atomic E-state index is 0.0783. The first-order chi connectivity index (χ1) is 16.1. The summed E-state index contributed by atoms with van der Waals surface area (Å²) in [5, 5.41) is 0. The van der Waals surface area contributed by atoms with Crippen LogP contribution >= 0.6 is 0 Å². The smallest absolute Gasteiger partial charge is 0.255 e. The molecule has 1 fully saturated rings. The molecule has 0 spiro atoms. The Hall–Kier alpha value is -3.74. The largest absolute Gasteiger partial charge is 0.341 e. The number of carbonyl (C=O) groups excluding carboxylic acids is 2. The lowest BCUT2D eigenvalue weighted by atomic mass is 9.91. The molecular weight excluding hydrogens is 416 g/mol. The predicted octanol–water partition coefficient (Wildman–Crippen LogP) is 2.99. The number of hydrogen-bond acceptors (Lipinski definition) is 4. The number of benzene rings is 1. The van der Waals surface area contributed by atoms with Gasteiger partial charge >= 0.3 is 0 Å². The van der Waals surface area contributed by atoms with Crippen molar-refractivity contribution in [1.29, 1.82) is 0 Å². The van der Waals surface area contributed by atoms with Crippen LogP contribution in [0, 0.1) is 5.92 Å². The molecule has 0 radical (unpaired) electrons. The third kappa shape index (κ3) is 5.19. The molecule has 7 nitrogen and oxygen atoms in total. The summed E-state index contributed by atoms with van der Waals surface area (Å²) in [7, 11) is 0. The maximum Gasteiger partial charge on any atom is 0.255 e. The molecule has 2 aromatic heterocycles. The van der Waals surface area contributed by atoms with Crippen molar-refractivity contribution in [2.75, 3.05) is 26.2 Å². The number of carbonyl (C=O) groups is 2. The van der Waals surface area contributed by atoms with E-state index in [4.69, 9.17) is 0 Å².